The molecule has 1 N–H and O–H groups in total. The van der Waals surface area contributed by atoms with Crippen molar-refractivity contribution in [2.24, 2.45) is 11.3 Å². The Morgan fingerprint density at radius 1 is 1.22 bits per heavy atom. The van der Waals surface area contributed by atoms with Crippen molar-refractivity contribution in [1.29, 1.82) is 0 Å². The number of nitrogens with zero attached hydrogens (tertiary/aromatic N) is 1. The minimum Gasteiger partial charge on any atom is -0.497 e. The standard InChI is InChI=1S/C18H24N2O3/c1-19-16(21)15-11-20(12-18(15)9-3-4-10-18)17(22)13-5-7-14(23-2)8-6-13/h5-8,15H,3-4,9-12H2,1-2H3,(H,19,21)/t15-/m0/s1. The predicted molar refractivity (Wildman–Crippen MR) is 87.4 cm³/mol. The van der Waals surface area contributed by atoms with Crippen LogP contribution in [0.1, 0.15) is 36.0 Å². The zero-order valence-corrected chi connectivity index (χ0v) is 13.8. The molecule has 5 nitrogen and oxygen atoms in total. The van der Waals surface area contributed by atoms with Crippen LogP contribution in [-0.2, 0) is 4.79 Å². The molecule has 2 amide bonds. The van der Waals surface area contributed by atoms with Crippen LogP contribution < -0.4 is 10.1 Å². The number of benzene rings is 1. The van der Waals surface area contributed by atoms with Crippen LogP contribution in [0.3, 0.4) is 0 Å². The average Bonchev–Trinajstić information content (AvgIpc) is 3.21. The second-order valence-corrected chi connectivity index (χ2v) is 6.65. The van der Waals surface area contributed by atoms with Gasteiger partial charge in [0.2, 0.25) is 5.91 Å². The molecular weight excluding hydrogens is 292 g/mol. The van der Waals surface area contributed by atoms with Crippen molar-refractivity contribution in [3.63, 3.8) is 0 Å². The zero-order chi connectivity index (χ0) is 16.4. The fraction of sp³-hybridized carbons (Fsp3) is 0.556. The van der Waals surface area contributed by atoms with Crippen molar-refractivity contribution in [3.8, 4) is 5.75 Å². The number of ether oxygens (including phenoxy) is 1. The average molecular weight is 316 g/mol. The molecule has 1 aliphatic heterocycles. The van der Waals surface area contributed by atoms with E-state index in [1.54, 1.807) is 38.4 Å². The molecule has 0 aromatic heterocycles. The minimum absolute atomic E-state index is 0.00494. The number of hydrogen-bond donors (Lipinski definition) is 1. The topological polar surface area (TPSA) is 58.6 Å². The Labute approximate surface area is 137 Å². The summed E-state index contributed by atoms with van der Waals surface area (Å²) in [6, 6.07) is 7.17. The summed E-state index contributed by atoms with van der Waals surface area (Å²) in [6.45, 7) is 1.21. The van der Waals surface area contributed by atoms with Crippen LogP contribution in [0.5, 0.6) is 5.75 Å². The first-order valence-electron chi connectivity index (χ1n) is 8.24. The number of carbonyl (C=O) groups is 2. The van der Waals surface area contributed by atoms with E-state index in [0.717, 1.165) is 31.4 Å². The van der Waals surface area contributed by atoms with Crippen LogP contribution in [0.25, 0.3) is 0 Å². The van der Waals surface area contributed by atoms with Gasteiger partial charge in [-0.1, -0.05) is 12.8 Å². The molecule has 23 heavy (non-hydrogen) atoms. The second kappa shape index (κ2) is 6.22. The molecule has 1 spiro atoms. The van der Waals surface area contributed by atoms with E-state index in [9.17, 15) is 9.59 Å². The van der Waals surface area contributed by atoms with Gasteiger partial charge in [-0.25, -0.2) is 0 Å². The van der Waals surface area contributed by atoms with Crippen molar-refractivity contribution in [3.05, 3.63) is 29.8 Å². The summed E-state index contributed by atoms with van der Waals surface area (Å²) in [4.78, 5) is 26.9. The Bertz CT molecular complexity index is 591. The van der Waals surface area contributed by atoms with E-state index in [1.807, 2.05) is 4.90 Å². The number of hydrogen-bond acceptors (Lipinski definition) is 3. The third-order valence-electron chi connectivity index (χ3n) is 5.43. The van der Waals surface area contributed by atoms with Crippen LogP contribution in [0.15, 0.2) is 24.3 Å². The van der Waals surface area contributed by atoms with Gasteiger partial charge in [0, 0.05) is 31.1 Å². The molecule has 1 saturated carbocycles. The van der Waals surface area contributed by atoms with Gasteiger partial charge in [-0.2, -0.15) is 0 Å². The van der Waals surface area contributed by atoms with Gasteiger partial charge in [-0.05, 0) is 37.1 Å². The van der Waals surface area contributed by atoms with Crippen LogP contribution in [0.2, 0.25) is 0 Å². The Kier molecular flexibility index (Phi) is 4.28. The summed E-state index contributed by atoms with van der Waals surface area (Å²) >= 11 is 0. The monoisotopic (exact) mass is 316 g/mol. The lowest BCUT2D eigenvalue weighted by Crippen LogP contribution is -2.38. The molecule has 3 rings (SSSR count). The highest BCUT2D eigenvalue weighted by atomic mass is 16.5. The number of methoxy groups -OCH3 is 1. The molecule has 1 aromatic carbocycles. The number of carbonyl (C=O) groups excluding carboxylic acids is 2. The number of nitrogens with one attached hydrogen (secondary N) is 1. The van der Waals surface area contributed by atoms with Gasteiger partial charge in [-0.15, -0.1) is 0 Å². The van der Waals surface area contributed by atoms with Gasteiger partial charge in [0.25, 0.3) is 5.91 Å². The SMILES string of the molecule is CNC(=O)[C@@H]1CN(C(=O)c2ccc(OC)cc2)CC12CCCC2. The summed E-state index contributed by atoms with van der Waals surface area (Å²) in [7, 11) is 3.29. The molecule has 5 heteroatoms. The molecule has 0 radical (unpaired) electrons. The highest BCUT2D eigenvalue weighted by molar-refractivity contribution is 5.95. The van der Waals surface area contributed by atoms with E-state index in [1.165, 1.54) is 0 Å². The molecule has 1 atom stereocenters. The molecule has 0 bridgehead atoms. The van der Waals surface area contributed by atoms with Gasteiger partial charge < -0.3 is 15.0 Å². The first kappa shape index (κ1) is 15.8. The smallest absolute Gasteiger partial charge is 0.253 e. The third kappa shape index (κ3) is 2.80. The molecule has 0 unspecified atom stereocenters. The number of amides is 2. The van der Waals surface area contributed by atoms with Gasteiger partial charge >= 0.3 is 0 Å². The second-order valence-electron chi connectivity index (χ2n) is 6.65. The fourth-order valence-corrected chi connectivity index (χ4v) is 4.16. The van der Waals surface area contributed by atoms with Crippen molar-refractivity contribution >= 4 is 11.8 Å². The quantitative estimate of drug-likeness (QED) is 0.929. The van der Waals surface area contributed by atoms with Gasteiger partial charge in [0.05, 0.1) is 13.0 Å². The first-order valence-corrected chi connectivity index (χ1v) is 8.24. The summed E-state index contributed by atoms with van der Waals surface area (Å²) in [5, 5.41) is 2.78. The van der Waals surface area contributed by atoms with E-state index < -0.39 is 0 Å². The molecular formula is C18H24N2O3. The fourth-order valence-electron chi connectivity index (χ4n) is 4.16. The minimum atomic E-state index is -0.0859. The maximum atomic E-state index is 12.8. The van der Waals surface area contributed by atoms with Gasteiger partial charge in [0.15, 0.2) is 0 Å². The van der Waals surface area contributed by atoms with Gasteiger partial charge in [0.1, 0.15) is 5.75 Å². The van der Waals surface area contributed by atoms with Crippen molar-refractivity contribution < 1.29 is 14.3 Å². The highest BCUT2D eigenvalue weighted by Crippen LogP contribution is 2.49. The Hall–Kier alpha value is -2.04. The van der Waals surface area contributed by atoms with Crippen LogP contribution in [0, 0.1) is 11.3 Å². The van der Waals surface area contributed by atoms with E-state index >= 15 is 0 Å². The van der Waals surface area contributed by atoms with E-state index in [-0.39, 0.29) is 23.1 Å². The van der Waals surface area contributed by atoms with E-state index in [2.05, 4.69) is 5.32 Å². The zero-order valence-electron chi connectivity index (χ0n) is 13.8. The Balaban J connectivity index is 1.80. The normalized spacial score (nSPS) is 22.3. The number of likely N-dealkylation sites (tertiary alicyclic amines) is 1. The van der Waals surface area contributed by atoms with Crippen LogP contribution >= 0.6 is 0 Å². The lowest BCUT2D eigenvalue weighted by molar-refractivity contribution is -0.127. The largest absolute Gasteiger partial charge is 0.497 e. The molecule has 1 aromatic rings. The van der Waals surface area contributed by atoms with E-state index in [4.69, 9.17) is 4.74 Å². The molecule has 2 fully saturated rings. The summed E-state index contributed by atoms with van der Waals surface area (Å²) < 4.78 is 5.14. The van der Waals surface area contributed by atoms with Crippen molar-refractivity contribution in [2.75, 3.05) is 27.2 Å². The molecule has 1 aliphatic carbocycles. The van der Waals surface area contributed by atoms with Crippen LogP contribution in [-0.4, -0.2) is 44.0 Å². The van der Waals surface area contributed by atoms with E-state index in [0.29, 0.717) is 18.7 Å². The summed E-state index contributed by atoms with van der Waals surface area (Å²) in [6.07, 6.45) is 4.38. The lowest BCUT2D eigenvalue weighted by atomic mass is 9.76. The molecule has 124 valence electrons. The Morgan fingerprint density at radius 2 is 1.87 bits per heavy atom. The van der Waals surface area contributed by atoms with Crippen LogP contribution in [0.4, 0.5) is 0 Å². The third-order valence-corrected chi connectivity index (χ3v) is 5.43. The molecule has 1 heterocycles. The summed E-state index contributed by atoms with van der Waals surface area (Å²) in [5.74, 6) is 0.720. The first-order chi connectivity index (χ1) is 11.1. The highest BCUT2D eigenvalue weighted by Gasteiger charge is 2.52. The maximum Gasteiger partial charge on any atom is 0.253 e. The van der Waals surface area contributed by atoms with Crippen molar-refractivity contribution in [2.45, 2.75) is 25.7 Å². The molecule has 1 saturated heterocycles. The summed E-state index contributed by atoms with van der Waals surface area (Å²) in [5.41, 5.74) is 0.624. The Morgan fingerprint density at radius 3 is 2.43 bits per heavy atom. The lowest BCUT2D eigenvalue weighted by Gasteiger charge is -2.28. The van der Waals surface area contributed by atoms with Crippen molar-refractivity contribution in [1.82, 2.24) is 10.2 Å². The van der Waals surface area contributed by atoms with Gasteiger partial charge in [-0.3, -0.25) is 9.59 Å². The maximum absolute atomic E-state index is 12.8. The number of rotatable bonds is 3. The predicted octanol–water partition coefficient (Wildman–Crippen LogP) is 2.07. The molecule has 2 aliphatic rings.